The van der Waals surface area contributed by atoms with Crippen molar-refractivity contribution in [2.45, 2.75) is 20.8 Å². The van der Waals surface area contributed by atoms with Gasteiger partial charge in [-0.3, -0.25) is 10.1 Å². The summed E-state index contributed by atoms with van der Waals surface area (Å²) in [6.07, 6.45) is 0. The first-order valence-electron chi connectivity index (χ1n) is 7.31. The Bertz CT molecular complexity index is 1060. The molecule has 4 aromatic carbocycles. The van der Waals surface area contributed by atoms with E-state index in [-0.39, 0.29) is 10.6 Å². The average molecular weight is 289 g/mol. The van der Waals surface area contributed by atoms with Gasteiger partial charge >= 0.3 is 0 Å². The third-order valence-electron chi connectivity index (χ3n) is 4.69. The lowest BCUT2D eigenvalue weighted by molar-refractivity contribution is -0.383. The van der Waals surface area contributed by atoms with Crippen LogP contribution in [0.25, 0.3) is 32.3 Å². The summed E-state index contributed by atoms with van der Waals surface area (Å²) in [5.74, 6) is 0. The van der Waals surface area contributed by atoms with Crippen molar-refractivity contribution in [3.8, 4) is 0 Å². The summed E-state index contributed by atoms with van der Waals surface area (Å²) in [5.41, 5.74) is 3.57. The second kappa shape index (κ2) is 4.17. The molecule has 0 aliphatic carbocycles. The Morgan fingerprint density at radius 2 is 1.14 bits per heavy atom. The highest BCUT2D eigenvalue weighted by atomic mass is 16.6. The summed E-state index contributed by atoms with van der Waals surface area (Å²) in [5, 5.41) is 17.8. The minimum atomic E-state index is -0.279. The van der Waals surface area contributed by atoms with E-state index >= 15 is 0 Å². The fourth-order valence-corrected chi connectivity index (χ4v) is 3.69. The fourth-order valence-electron chi connectivity index (χ4n) is 3.69. The first kappa shape index (κ1) is 13.0. The molecule has 108 valence electrons. The molecule has 0 aliphatic heterocycles. The van der Waals surface area contributed by atoms with Crippen molar-refractivity contribution in [3.05, 3.63) is 63.2 Å². The maximum atomic E-state index is 11.4. The van der Waals surface area contributed by atoms with Crippen molar-refractivity contribution >= 4 is 38.0 Å². The zero-order valence-electron chi connectivity index (χ0n) is 12.7. The van der Waals surface area contributed by atoms with Crippen molar-refractivity contribution in [3.63, 3.8) is 0 Å². The third-order valence-corrected chi connectivity index (χ3v) is 4.69. The molecule has 3 heteroatoms. The van der Waals surface area contributed by atoms with Gasteiger partial charge in [0.2, 0.25) is 0 Å². The number of rotatable bonds is 1. The quantitative estimate of drug-likeness (QED) is 0.267. The lowest BCUT2D eigenvalue weighted by Gasteiger charge is -2.15. The lowest BCUT2D eigenvalue weighted by Crippen LogP contribution is -1.95. The monoisotopic (exact) mass is 289 g/mol. The Morgan fingerprint density at radius 1 is 0.727 bits per heavy atom. The topological polar surface area (TPSA) is 43.1 Å². The van der Waals surface area contributed by atoms with Crippen LogP contribution in [0.15, 0.2) is 36.4 Å². The molecule has 3 nitrogen and oxygen atoms in total. The molecular formula is C19H15NO2. The Morgan fingerprint density at radius 3 is 1.64 bits per heavy atom. The van der Waals surface area contributed by atoms with Crippen LogP contribution in [0.5, 0.6) is 0 Å². The van der Waals surface area contributed by atoms with Gasteiger partial charge in [-0.05, 0) is 65.1 Å². The molecule has 0 radical (unpaired) electrons. The maximum Gasteiger partial charge on any atom is 0.277 e. The van der Waals surface area contributed by atoms with Crippen molar-refractivity contribution in [1.29, 1.82) is 0 Å². The van der Waals surface area contributed by atoms with Crippen LogP contribution in [0.4, 0.5) is 5.69 Å². The number of nitro benzene ring substituents is 1. The van der Waals surface area contributed by atoms with E-state index in [4.69, 9.17) is 0 Å². The van der Waals surface area contributed by atoms with E-state index in [1.807, 2.05) is 19.1 Å². The molecule has 0 atom stereocenters. The molecule has 0 saturated heterocycles. The molecule has 4 aromatic rings. The van der Waals surface area contributed by atoms with Crippen LogP contribution in [-0.4, -0.2) is 4.92 Å². The molecule has 0 fully saturated rings. The average Bonchev–Trinajstić information content (AvgIpc) is 2.48. The van der Waals surface area contributed by atoms with Gasteiger partial charge in [-0.25, -0.2) is 0 Å². The van der Waals surface area contributed by atoms with Crippen LogP contribution in [-0.2, 0) is 0 Å². The van der Waals surface area contributed by atoms with Crippen molar-refractivity contribution in [2.75, 3.05) is 0 Å². The predicted octanol–water partition coefficient (Wildman–Crippen LogP) is 5.42. The van der Waals surface area contributed by atoms with E-state index in [2.05, 4.69) is 32.0 Å². The zero-order chi connectivity index (χ0) is 15.6. The highest BCUT2D eigenvalue weighted by Gasteiger charge is 2.19. The molecule has 0 amide bonds. The molecule has 0 unspecified atom stereocenters. The Labute approximate surface area is 127 Å². The zero-order valence-corrected chi connectivity index (χ0v) is 12.7. The molecule has 0 aliphatic rings. The van der Waals surface area contributed by atoms with Crippen LogP contribution >= 0.6 is 0 Å². The summed E-state index contributed by atoms with van der Waals surface area (Å²) < 4.78 is 0. The lowest BCUT2D eigenvalue weighted by atomic mass is 9.88. The van der Waals surface area contributed by atoms with Gasteiger partial charge in [0.25, 0.3) is 5.69 Å². The highest BCUT2D eigenvalue weighted by molar-refractivity contribution is 6.26. The second-order valence-electron chi connectivity index (χ2n) is 6.05. The van der Waals surface area contributed by atoms with Gasteiger partial charge in [-0.1, -0.05) is 24.3 Å². The number of non-ortho nitro benzene ring substituents is 1. The van der Waals surface area contributed by atoms with Gasteiger partial charge < -0.3 is 0 Å². The Kier molecular flexibility index (Phi) is 2.46. The summed E-state index contributed by atoms with van der Waals surface area (Å²) in [6.45, 7) is 6.14. The van der Waals surface area contributed by atoms with E-state index < -0.39 is 0 Å². The molecule has 0 bridgehead atoms. The normalized spacial score (nSPS) is 11.8. The molecule has 4 rings (SSSR count). The van der Waals surface area contributed by atoms with Crippen LogP contribution < -0.4 is 0 Å². The van der Waals surface area contributed by atoms with E-state index in [1.165, 1.54) is 21.9 Å². The van der Waals surface area contributed by atoms with Crippen LogP contribution in [0.1, 0.15) is 16.7 Å². The van der Waals surface area contributed by atoms with Crippen LogP contribution in [0.2, 0.25) is 0 Å². The number of nitro groups is 1. The van der Waals surface area contributed by atoms with Gasteiger partial charge in [0.15, 0.2) is 0 Å². The van der Waals surface area contributed by atoms with Gasteiger partial charge in [-0.2, -0.15) is 0 Å². The van der Waals surface area contributed by atoms with Gasteiger partial charge in [0.1, 0.15) is 0 Å². The van der Waals surface area contributed by atoms with Crippen LogP contribution in [0, 0.1) is 30.9 Å². The molecular weight excluding hydrogens is 274 g/mol. The van der Waals surface area contributed by atoms with Gasteiger partial charge in [0, 0.05) is 11.5 Å². The molecule has 0 N–H and O–H groups in total. The Hall–Kier alpha value is -2.68. The molecule has 22 heavy (non-hydrogen) atoms. The van der Waals surface area contributed by atoms with Crippen molar-refractivity contribution < 1.29 is 4.92 Å². The van der Waals surface area contributed by atoms with Crippen molar-refractivity contribution in [1.82, 2.24) is 0 Å². The summed E-state index contributed by atoms with van der Waals surface area (Å²) >= 11 is 0. The largest absolute Gasteiger partial charge is 0.277 e. The SMILES string of the molecule is Cc1cc(C)c2ccc3c([N+](=O)[O-])cc(C)c4ccc1c2c43. The van der Waals surface area contributed by atoms with E-state index in [0.29, 0.717) is 0 Å². The molecule has 0 heterocycles. The first-order valence-corrected chi connectivity index (χ1v) is 7.31. The number of nitrogens with zero attached hydrogens (tertiary/aromatic N) is 1. The number of aryl methyl sites for hydroxylation is 3. The summed E-state index contributed by atoms with van der Waals surface area (Å²) in [4.78, 5) is 11.2. The fraction of sp³-hybridized carbons (Fsp3) is 0.158. The number of benzene rings is 4. The Balaban J connectivity index is 2.42. The smallest absolute Gasteiger partial charge is 0.258 e. The predicted molar refractivity (Wildman–Crippen MR) is 91.0 cm³/mol. The maximum absolute atomic E-state index is 11.4. The van der Waals surface area contributed by atoms with E-state index in [0.717, 1.165) is 27.1 Å². The van der Waals surface area contributed by atoms with Crippen molar-refractivity contribution in [2.24, 2.45) is 0 Å². The highest BCUT2D eigenvalue weighted by Crippen LogP contribution is 2.41. The van der Waals surface area contributed by atoms with E-state index in [9.17, 15) is 10.1 Å². The second-order valence-corrected chi connectivity index (χ2v) is 6.05. The standard InChI is InChI=1S/C19H15NO2/c1-10-8-11(2)14-6-7-16-17(20(21)22)9-12(3)15-5-4-13(10)18(14)19(15)16/h4-9H,1-3H3. The molecule has 0 aromatic heterocycles. The van der Waals surface area contributed by atoms with E-state index in [1.54, 1.807) is 6.07 Å². The minimum absolute atomic E-state index is 0.193. The van der Waals surface area contributed by atoms with Gasteiger partial charge in [-0.15, -0.1) is 0 Å². The third kappa shape index (κ3) is 1.51. The summed E-state index contributed by atoms with van der Waals surface area (Å²) in [7, 11) is 0. The van der Waals surface area contributed by atoms with Crippen LogP contribution in [0.3, 0.4) is 0 Å². The van der Waals surface area contributed by atoms with Gasteiger partial charge in [0.05, 0.1) is 10.3 Å². The first-order chi connectivity index (χ1) is 10.5. The minimum Gasteiger partial charge on any atom is -0.258 e. The number of hydrogen-bond acceptors (Lipinski definition) is 2. The summed E-state index contributed by atoms with van der Waals surface area (Å²) in [6, 6.07) is 12.0. The number of hydrogen-bond donors (Lipinski definition) is 0. The molecule has 0 spiro atoms. The molecule has 0 saturated carbocycles.